The zero-order chi connectivity index (χ0) is 11.2. The minimum atomic E-state index is 0.865. The van der Waals surface area contributed by atoms with Crippen LogP contribution in [0.15, 0.2) is 0 Å². The summed E-state index contributed by atoms with van der Waals surface area (Å²) < 4.78 is 5.17. The van der Waals surface area contributed by atoms with Crippen LogP contribution >= 0.6 is 0 Å². The summed E-state index contributed by atoms with van der Waals surface area (Å²) in [5.74, 6) is 0.915. The van der Waals surface area contributed by atoms with Crippen LogP contribution in [0.1, 0.15) is 32.1 Å². The lowest BCUT2D eigenvalue weighted by Crippen LogP contribution is -2.46. The van der Waals surface area contributed by atoms with Crippen LogP contribution in [0.5, 0.6) is 0 Å². The molecule has 0 bridgehead atoms. The number of nitrogens with one attached hydrogen (secondary N) is 1. The molecule has 0 aromatic heterocycles. The lowest BCUT2D eigenvalue weighted by atomic mass is 9.91. The first kappa shape index (κ1) is 12.3. The second-order valence-corrected chi connectivity index (χ2v) is 5.24. The summed E-state index contributed by atoms with van der Waals surface area (Å²) in [7, 11) is 1.81. The van der Waals surface area contributed by atoms with Gasteiger partial charge in [-0.3, -0.25) is 0 Å². The van der Waals surface area contributed by atoms with Crippen molar-refractivity contribution >= 4 is 0 Å². The second-order valence-electron chi connectivity index (χ2n) is 5.24. The Kier molecular flexibility index (Phi) is 5.07. The topological polar surface area (TPSA) is 24.5 Å². The van der Waals surface area contributed by atoms with Gasteiger partial charge in [-0.1, -0.05) is 0 Å². The van der Waals surface area contributed by atoms with Crippen LogP contribution in [0.4, 0.5) is 0 Å². The molecule has 94 valence electrons. The normalized spacial score (nSPS) is 26.1. The molecule has 0 saturated carbocycles. The van der Waals surface area contributed by atoms with Crippen LogP contribution in [-0.2, 0) is 4.74 Å². The van der Waals surface area contributed by atoms with Crippen molar-refractivity contribution in [3.63, 3.8) is 0 Å². The Morgan fingerprint density at radius 1 is 1.12 bits per heavy atom. The summed E-state index contributed by atoms with van der Waals surface area (Å²) in [5.41, 5.74) is 0. The van der Waals surface area contributed by atoms with Crippen molar-refractivity contribution < 1.29 is 4.74 Å². The van der Waals surface area contributed by atoms with Gasteiger partial charge < -0.3 is 15.0 Å². The van der Waals surface area contributed by atoms with Crippen LogP contribution in [0.2, 0.25) is 0 Å². The third-order valence-corrected chi connectivity index (χ3v) is 4.20. The van der Waals surface area contributed by atoms with Gasteiger partial charge >= 0.3 is 0 Å². The Balaban J connectivity index is 1.67. The molecule has 2 saturated heterocycles. The van der Waals surface area contributed by atoms with Gasteiger partial charge in [-0.2, -0.15) is 0 Å². The maximum absolute atomic E-state index is 5.17. The first-order chi connectivity index (χ1) is 7.90. The summed E-state index contributed by atoms with van der Waals surface area (Å²) in [4.78, 5) is 2.73. The Morgan fingerprint density at radius 2 is 1.81 bits per heavy atom. The molecule has 0 unspecified atom stereocenters. The highest BCUT2D eigenvalue weighted by Crippen LogP contribution is 2.24. The van der Waals surface area contributed by atoms with Gasteiger partial charge in [-0.05, 0) is 64.2 Å². The number of rotatable bonds is 4. The van der Waals surface area contributed by atoms with Crippen molar-refractivity contribution in [2.45, 2.75) is 38.1 Å². The van der Waals surface area contributed by atoms with E-state index in [2.05, 4.69) is 10.2 Å². The van der Waals surface area contributed by atoms with Crippen LogP contribution in [0, 0.1) is 5.92 Å². The summed E-state index contributed by atoms with van der Waals surface area (Å²) >= 11 is 0. The highest BCUT2D eigenvalue weighted by atomic mass is 16.5. The number of hydrogen-bond donors (Lipinski definition) is 1. The van der Waals surface area contributed by atoms with Gasteiger partial charge in [0.25, 0.3) is 0 Å². The molecule has 0 spiro atoms. The molecule has 16 heavy (non-hydrogen) atoms. The van der Waals surface area contributed by atoms with E-state index in [4.69, 9.17) is 4.74 Å². The largest absolute Gasteiger partial charge is 0.385 e. The SMILES string of the molecule is COCCC1CCN(C2CCNCC2)CC1. The molecule has 2 fully saturated rings. The van der Waals surface area contributed by atoms with Gasteiger partial charge in [0.15, 0.2) is 0 Å². The van der Waals surface area contributed by atoms with Gasteiger partial charge in [-0.15, -0.1) is 0 Å². The summed E-state index contributed by atoms with van der Waals surface area (Å²) in [5, 5.41) is 3.45. The molecule has 3 nitrogen and oxygen atoms in total. The number of ether oxygens (including phenoxy) is 1. The molecule has 0 aliphatic carbocycles. The molecule has 0 aromatic carbocycles. The molecule has 0 aromatic rings. The highest BCUT2D eigenvalue weighted by Gasteiger charge is 2.25. The molecule has 0 amide bonds. The predicted molar refractivity (Wildman–Crippen MR) is 66.7 cm³/mol. The number of hydrogen-bond acceptors (Lipinski definition) is 3. The van der Waals surface area contributed by atoms with Gasteiger partial charge in [0, 0.05) is 19.8 Å². The molecule has 2 aliphatic heterocycles. The van der Waals surface area contributed by atoms with Gasteiger partial charge in [0.1, 0.15) is 0 Å². The lowest BCUT2D eigenvalue weighted by molar-refractivity contribution is 0.0943. The smallest absolute Gasteiger partial charge is 0.0464 e. The molecular formula is C13H26N2O. The summed E-state index contributed by atoms with van der Waals surface area (Å²) in [6, 6.07) is 0.865. The Hall–Kier alpha value is -0.120. The predicted octanol–water partition coefficient (Wildman–Crippen LogP) is 1.49. The van der Waals surface area contributed by atoms with Gasteiger partial charge in [-0.25, -0.2) is 0 Å². The number of methoxy groups -OCH3 is 1. The average Bonchev–Trinajstić information content (AvgIpc) is 2.38. The van der Waals surface area contributed by atoms with Crippen molar-refractivity contribution in [3.8, 4) is 0 Å². The third kappa shape index (κ3) is 3.44. The third-order valence-electron chi connectivity index (χ3n) is 4.20. The average molecular weight is 226 g/mol. The molecule has 2 aliphatic rings. The fraction of sp³-hybridized carbons (Fsp3) is 1.00. The van der Waals surface area contributed by atoms with Gasteiger partial charge in [0.05, 0.1) is 0 Å². The maximum atomic E-state index is 5.17. The van der Waals surface area contributed by atoms with E-state index in [1.54, 1.807) is 0 Å². The standard InChI is InChI=1S/C13H26N2O/c1-16-11-6-12-4-9-15(10-5-12)13-2-7-14-8-3-13/h12-14H,2-11H2,1H3. The number of piperidine rings is 2. The zero-order valence-corrected chi connectivity index (χ0v) is 10.6. The van der Waals surface area contributed by atoms with Crippen molar-refractivity contribution in [2.75, 3.05) is 39.9 Å². The first-order valence-electron chi connectivity index (χ1n) is 6.84. The van der Waals surface area contributed by atoms with E-state index in [-0.39, 0.29) is 0 Å². The first-order valence-corrected chi connectivity index (χ1v) is 6.84. The van der Waals surface area contributed by atoms with Crippen LogP contribution in [0.3, 0.4) is 0 Å². The van der Waals surface area contributed by atoms with E-state index in [0.29, 0.717) is 0 Å². The second kappa shape index (κ2) is 6.58. The quantitative estimate of drug-likeness (QED) is 0.786. The Morgan fingerprint density at radius 3 is 2.44 bits per heavy atom. The maximum Gasteiger partial charge on any atom is 0.0464 e. The van der Waals surface area contributed by atoms with Crippen LogP contribution < -0.4 is 5.32 Å². The van der Waals surface area contributed by atoms with E-state index in [1.807, 2.05) is 7.11 Å². The van der Waals surface area contributed by atoms with E-state index in [0.717, 1.165) is 18.6 Å². The van der Waals surface area contributed by atoms with Crippen molar-refractivity contribution in [3.05, 3.63) is 0 Å². The minimum Gasteiger partial charge on any atom is -0.385 e. The van der Waals surface area contributed by atoms with Crippen LogP contribution in [-0.4, -0.2) is 50.8 Å². The number of nitrogens with zero attached hydrogens (tertiary/aromatic N) is 1. The Bertz CT molecular complexity index is 184. The van der Waals surface area contributed by atoms with E-state index >= 15 is 0 Å². The van der Waals surface area contributed by atoms with Gasteiger partial charge in [0.2, 0.25) is 0 Å². The molecule has 1 N–H and O–H groups in total. The molecule has 3 heteroatoms. The molecule has 2 heterocycles. The minimum absolute atomic E-state index is 0.865. The van der Waals surface area contributed by atoms with E-state index in [1.165, 1.54) is 58.3 Å². The molecular weight excluding hydrogens is 200 g/mol. The van der Waals surface area contributed by atoms with E-state index in [9.17, 15) is 0 Å². The van der Waals surface area contributed by atoms with Crippen LogP contribution in [0.25, 0.3) is 0 Å². The van der Waals surface area contributed by atoms with E-state index < -0.39 is 0 Å². The lowest BCUT2D eigenvalue weighted by Gasteiger charge is -2.39. The monoisotopic (exact) mass is 226 g/mol. The molecule has 0 radical (unpaired) electrons. The fourth-order valence-electron chi connectivity index (χ4n) is 3.06. The zero-order valence-electron chi connectivity index (χ0n) is 10.6. The fourth-order valence-corrected chi connectivity index (χ4v) is 3.06. The Labute approximate surface area is 99.5 Å². The molecule has 2 rings (SSSR count). The highest BCUT2D eigenvalue weighted by molar-refractivity contribution is 4.81. The summed E-state index contributed by atoms with van der Waals surface area (Å²) in [6.07, 6.45) is 6.72. The number of likely N-dealkylation sites (tertiary alicyclic amines) is 1. The molecule has 0 atom stereocenters. The van der Waals surface area contributed by atoms with Crippen molar-refractivity contribution in [1.82, 2.24) is 10.2 Å². The summed E-state index contributed by atoms with van der Waals surface area (Å²) in [6.45, 7) is 6.01. The van der Waals surface area contributed by atoms with Crippen molar-refractivity contribution in [2.24, 2.45) is 5.92 Å². The van der Waals surface area contributed by atoms with Crippen molar-refractivity contribution in [1.29, 1.82) is 0 Å².